The van der Waals surface area contributed by atoms with Crippen LogP contribution in [0.1, 0.15) is 30.1 Å². The highest BCUT2D eigenvalue weighted by Crippen LogP contribution is 2.25. The second-order valence-electron chi connectivity index (χ2n) is 3.69. The molecule has 0 amide bonds. The Morgan fingerprint density at radius 3 is 3.00 bits per heavy atom. The van der Waals surface area contributed by atoms with Crippen LogP contribution < -0.4 is 5.73 Å². The first kappa shape index (κ1) is 11.8. The maximum absolute atomic E-state index is 8.74. The number of nitriles is 1. The van der Waals surface area contributed by atoms with Crippen LogP contribution in [-0.2, 0) is 0 Å². The Labute approximate surface area is 104 Å². The van der Waals surface area contributed by atoms with Crippen LogP contribution in [0.2, 0.25) is 0 Å². The van der Waals surface area contributed by atoms with Gasteiger partial charge in [0.05, 0.1) is 0 Å². The van der Waals surface area contributed by atoms with Gasteiger partial charge in [-0.3, -0.25) is 0 Å². The Morgan fingerprint density at radius 2 is 2.47 bits per heavy atom. The van der Waals surface area contributed by atoms with Crippen LogP contribution in [0.3, 0.4) is 0 Å². The molecule has 0 saturated carbocycles. The lowest BCUT2D eigenvalue weighted by atomic mass is 10.1. The average Bonchev–Trinajstić information content (AvgIpc) is 3.00. The summed E-state index contributed by atoms with van der Waals surface area (Å²) in [5.41, 5.74) is 6.13. The molecule has 2 aromatic rings. The predicted molar refractivity (Wildman–Crippen MR) is 65.5 cm³/mol. The second kappa shape index (κ2) is 5.08. The van der Waals surface area contributed by atoms with E-state index in [4.69, 9.17) is 11.0 Å². The molecule has 6 heteroatoms. The van der Waals surface area contributed by atoms with Gasteiger partial charge in [-0.2, -0.15) is 5.26 Å². The van der Waals surface area contributed by atoms with Crippen LogP contribution in [0.15, 0.2) is 23.8 Å². The van der Waals surface area contributed by atoms with E-state index in [1.807, 2.05) is 30.5 Å². The molecule has 2 aromatic heterocycles. The van der Waals surface area contributed by atoms with Crippen molar-refractivity contribution in [1.82, 2.24) is 14.8 Å². The largest absolute Gasteiger partial charge is 0.326 e. The van der Waals surface area contributed by atoms with E-state index >= 15 is 0 Å². The minimum Gasteiger partial charge on any atom is -0.326 e. The molecule has 2 N–H and O–H groups in total. The van der Waals surface area contributed by atoms with Crippen molar-refractivity contribution in [2.75, 3.05) is 0 Å². The lowest BCUT2D eigenvalue weighted by Crippen LogP contribution is -2.32. The molecule has 2 rings (SSSR count). The Hall–Kier alpha value is -1.71. The molecular formula is C11H13N5S. The third-order valence-corrected chi connectivity index (χ3v) is 3.55. The highest BCUT2D eigenvalue weighted by atomic mass is 32.1. The number of nitrogens with two attached hydrogens (primary N) is 1. The standard InChI is InChI=1S/C11H13N5S/c1-2-8(13)11(9-4-3-5-17-9)16-7-14-10(6-12)15-16/h3-5,7-8,11H,2,13H2,1H3. The fraction of sp³-hybridized carbons (Fsp3) is 0.364. The van der Waals surface area contributed by atoms with E-state index in [0.717, 1.165) is 11.3 Å². The molecule has 0 saturated heterocycles. The molecule has 2 atom stereocenters. The van der Waals surface area contributed by atoms with Gasteiger partial charge in [0.1, 0.15) is 18.4 Å². The Kier molecular flexibility index (Phi) is 3.52. The summed E-state index contributed by atoms with van der Waals surface area (Å²) < 4.78 is 1.68. The van der Waals surface area contributed by atoms with E-state index in [1.54, 1.807) is 22.3 Å². The van der Waals surface area contributed by atoms with E-state index < -0.39 is 0 Å². The van der Waals surface area contributed by atoms with Crippen molar-refractivity contribution in [2.45, 2.75) is 25.4 Å². The van der Waals surface area contributed by atoms with Crippen molar-refractivity contribution < 1.29 is 0 Å². The molecule has 0 aliphatic heterocycles. The van der Waals surface area contributed by atoms with Crippen molar-refractivity contribution in [3.8, 4) is 6.07 Å². The highest BCUT2D eigenvalue weighted by molar-refractivity contribution is 7.10. The fourth-order valence-corrected chi connectivity index (χ4v) is 2.57. The number of rotatable bonds is 4. The molecule has 0 spiro atoms. The molecule has 2 unspecified atom stereocenters. The lowest BCUT2D eigenvalue weighted by Gasteiger charge is -2.21. The van der Waals surface area contributed by atoms with Crippen molar-refractivity contribution in [3.63, 3.8) is 0 Å². The van der Waals surface area contributed by atoms with Gasteiger partial charge in [0, 0.05) is 10.9 Å². The summed E-state index contributed by atoms with van der Waals surface area (Å²) in [7, 11) is 0. The van der Waals surface area contributed by atoms with Crippen molar-refractivity contribution >= 4 is 11.3 Å². The van der Waals surface area contributed by atoms with Gasteiger partial charge in [-0.25, -0.2) is 9.67 Å². The van der Waals surface area contributed by atoms with Crippen molar-refractivity contribution in [1.29, 1.82) is 5.26 Å². The van der Waals surface area contributed by atoms with Gasteiger partial charge >= 0.3 is 0 Å². The Bertz CT molecular complexity index is 510. The molecule has 0 bridgehead atoms. The normalized spacial score (nSPS) is 14.2. The average molecular weight is 247 g/mol. The summed E-state index contributed by atoms with van der Waals surface area (Å²) in [6.45, 7) is 2.04. The van der Waals surface area contributed by atoms with Crippen molar-refractivity contribution in [3.05, 3.63) is 34.5 Å². The summed E-state index contributed by atoms with van der Waals surface area (Å²) in [5, 5.41) is 14.9. The maximum atomic E-state index is 8.74. The first-order valence-corrected chi connectivity index (χ1v) is 6.24. The van der Waals surface area contributed by atoms with Crippen LogP contribution in [0.5, 0.6) is 0 Å². The van der Waals surface area contributed by atoms with E-state index in [2.05, 4.69) is 10.1 Å². The monoisotopic (exact) mass is 247 g/mol. The number of aromatic nitrogens is 3. The molecule has 0 fully saturated rings. The van der Waals surface area contributed by atoms with E-state index in [9.17, 15) is 0 Å². The molecule has 0 aliphatic carbocycles. The van der Waals surface area contributed by atoms with Gasteiger partial charge in [-0.1, -0.05) is 13.0 Å². The maximum Gasteiger partial charge on any atom is 0.252 e. The summed E-state index contributed by atoms with van der Waals surface area (Å²) in [5.74, 6) is 0.176. The highest BCUT2D eigenvalue weighted by Gasteiger charge is 2.22. The SMILES string of the molecule is CCC(N)C(c1cccs1)n1cnc(C#N)n1. The minimum absolute atomic E-state index is 0.0399. The number of thiophene rings is 1. The number of hydrogen-bond acceptors (Lipinski definition) is 5. The van der Waals surface area contributed by atoms with Crippen LogP contribution >= 0.6 is 11.3 Å². The summed E-state index contributed by atoms with van der Waals surface area (Å²) >= 11 is 1.63. The first-order valence-electron chi connectivity index (χ1n) is 5.36. The van der Waals surface area contributed by atoms with Gasteiger partial charge in [-0.05, 0) is 17.9 Å². The first-order chi connectivity index (χ1) is 8.26. The third-order valence-electron chi connectivity index (χ3n) is 2.61. The van der Waals surface area contributed by atoms with Crippen molar-refractivity contribution in [2.24, 2.45) is 5.73 Å². The zero-order valence-electron chi connectivity index (χ0n) is 9.45. The van der Waals surface area contributed by atoms with Gasteiger partial charge < -0.3 is 5.73 Å². The second-order valence-corrected chi connectivity index (χ2v) is 4.67. The molecule has 5 nitrogen and oxygen atoms in total. The summed E-state index contributed by atoms with van der Waals surface area (Å²) in [4.78, 5) is 5.06. The van der Waals surface area contributed by atoms with Gasteiger partial charge in [0.15, 0.2) is 0 Å². The zero-order valence-corrected chi connectivity index (χ0v) is 10.3. The van der Waals surface area contributed by atoms with Gasteiger partial charge in [0.25, 0.3) is 5.82 Å². The Morgan fingerprint density at radius 1 is 1.65 bits per heavy atom. The summed E-state index contributed by atoms with van der Waals surface area (Å²) in [6, 6.07) is 5.85. The van der Waals surface area contributed by atoms with E-state index in [0.29, 0.717) is 0 Å². The van der Waals surface area contributed by atoms with Gasteiger partial charge in [-0.15, -0.1) is 16.4 Å². The third kappa shape index (κ3) is 2.35. The van der Waals surface area contributed by atoms with Crippen LogP contribution in [0.4, 0.5) is 0 Å². The number of nitrogens with zero attached hydrogens (tertiary/aromatic N) is 4. The molecule has 0 aromatic carbocycles. The molecule has 17 heavy (non-hydrogen) atoms. The Balaban J connectivity index is 2.37. The molecule has 0 radical (unpaired) electrons. The minimum atomic E-state index is -0.0467. The topological polar surface area (TPSA) is 80.5 Å². The molecular weight excluding hydrogens is 234 g/mol. The molecule has 88 valence electrons. The van der Waals surface area contributed by atoms with E-state index in [-0.39, 0.29) is 17.9 Å². The molecule has 2 heterocycles. The fourth-order valence-electron chi connectivity index (χ4n) is 1.68. The lowest BCUT2D eigenvalue weighted by molar-refractivity contribution is 0.428. The summed E-state index contributed by atoms with van der Waals surface area (Å²) in [6.07, 6.45) is 2.41. The zero-order chi connectivity index (χ0) is 12.3. The van der Waals surface area contributed by atoms with Crippen LogP contribution in [0, 0.1) is 11.3 Å². The van der Waals surface area contributed by atoms with Crippen LogP contribution in [-0.4, -0.2) is 20.8 Å². The predicted octanol–water partition coefficient (Wildman–Crippen LogP) is 1.54. The molecule has 0 aliphatic rings. The smallest absolute Gasteiger partial charge is 0.252 e. The number of hydrogen-bond donors (Lipinski definition) is 1. The quantitative estimate of drug-likeness (QED) is 0.888. The van der Waals surface area contributed by atoms with Crippen LogP contribution in [0.25, 0.3) is 0 Å². The van der Waals surface area contributed by atoms with Gasteiger partial charge in [0.2, 0.25) is 0 Å². The van der Waals surface area contributed by atoms with E-state index in [1.165, 1.54) is 0 Å².